The van der Waals surface area contributed by atoms with Gasteiger partial charge in [-0.2, -0.15) is 0 Å². The number of nitrogens with zero attached hydrogens (tertiary/aromatic N) is 1. The minimum atomic E-state index is -1.59. The van der Waals surface area contributed by atoms with Crippen molar-refractivity contribution in [3.05, 3.63) is 63.1 Å². The van der Waals surface area contributed by atoms with Crippen LogP contribution in [0.25, 0.3) is 11.0 Å². The van der Waals surface area contributed by atoms with Crippen molar-refractivity contribution in [2.45, 2.75) is 57.5 Å². The normalized spacial score (nSPS) is 12.4. The van der Waals surface area contributed by atoms with Gasteiger partial charge >= 0.3 is 17.9 Å². The Balaban J connectivity index is 1.59. The maximum atomic E-state index is 14.8. The van der Waals surface area contributed by atoms with Crippen molar-refractivity contribution < 1.29 is 43.7 Å². The van der Waals surface area contributed by atoms with Gasteiger partial charge in [-0.15, -0.1) is 0 Å². The number of aromatic nitrogens is 3. The van der Waals surface area contributed by atoms with E-state index in [1.165, 1.54) is 12.1 Å². The molecule has 15 heteroatoms. The van der Waals surface area contributed by atoms with Crippen LogP contribution >= 0.6 is 0 Å². The summed E-state index contributed by atoms with van der Waals surface area (Å²) in [6.45, 7) is 1.65. The Morgan fingerprint density at radius 3 is 2.27 bits per heavy atom. The molecule has 0 fully saturated rings. The van der Waals surface area contributed by atoms with Crippen LogP contribution in [0.15, 0.2) is 29.2 Å². The molecule has 0 aliphatic rings. The van der Waals surface area contributed by atoms with Crippen molar-refractivity contribution in [2.24, 2.45) is 0 Å². The lowest BCUT2D eigenvalue weighted by Crippen LogP contribution is -2.44. The maximum absolute atomic E-state index is 14.8. The van der Waals surface area contributed by atoms with Gasteiger partial charge in [0.05, 0.1) is 10.9 Å². The van der Waals surface area contributed by atoms with E-state index in [4.69, 9.17) is 10.2 Å². The number of amides is 2. The zero-order chi connectivity index (χ0) is 30.3. The number of nitrogens with one attached hydrogen (secondary N) is 4. The third-order valence-electron chi connectivity index (χ3n) is 6.25. The molecule has 2 heterocycles. The van der Waals surface area contributed by atoms with E-state index in [1.807, 2.05) is 0 Å². The van der Waals surface area contributed by atoms with Crippen molar-refractivity contribution in [3.8, 4) is 0 Å². The van der Waals surface area contributed by atoms with Gasteiger partial charge in [0.25, 0.3) is 11.5 Å². The summed E-state index contributed by atoms with van der Waals surface area (Å²) in [5.41, 5.74) is 0.914. The van der Waals surface area contributed by atoms with Crippen molar-refractivity contribution in [1.29, 1.82) is 0 Å². The van der Waals surface area contributed by atoms with Gasteiger partial charge in [-0.05, 0) is 55.9 Å². The van der Waals surface area contributed by atoms with Crippen LogP contribution in [-0.2, 0) is 32.0 Å². The molecular weight excluding hydrogens is 545 g/mol. The van der Waals surface area contributed by atoms with Crippen LogP contribution in [0.1, 0.15) is 53.0 Å². The zero-order valence-electron chi connectivity index (χ0n) is 21.8. The van der Waals surface area contributed by atoms with E-state index in [0.717, 1.165) is 6.07 Å². The first-order chi connectivity index (χ1) is 19.3. The molecule has 0 bridgehead atoms. The topological polar surface area (TPSA) is 232 Å². The molecule has 0 aliphatic heterocycles. The second-order valence-corrected chi connectivity index (χ2v) is 9.30. The summed E-state index contributed by atoms with van der Waals surface area (Å²) in [4.78, 5) is 80.3. The Labute approximate surface area is 231 Å². The molecule has 3 rings (SSSR count). The number of aliphatic carboxylic acids is 3. The third-order valence-corrected chi connectivity index (χ3v) is 6.25. The summed E-state index contributed by atoms with van der Waals surface area (Å²) in [6, 6.07) is 0.737. The molecule has 41 heavy (non-hydrogen) atoms. The molecule has 218 valence electrons. The van der Waals surface area contributed by atoms with E-state index in [9.17, 15) is 38.3 Å². The molecule has 0 saturated heterocycles. The molecule has 2 aromatic heterocycles. The van der Waals surface area contributed by atoms with Gasteiger partial charge in [-0.3, -0.25) is 19.2 Å². The quantitative estimate of drug-likeness (QED) is 0.144. The summed E-state index contributed by atoms with van der Waals surface area (Å²) in [5.74, 6) is -6.54. The number of H-pyrrole nitrogens is 2. The van der Waals surface area contributed by atoms with Gasteiger partial charge < -0.3 is 35.9 Å². The molecule has 2 atom stereocenters. The van der Waals surface area contributed by atoms with Gasteiger partial charge in [0.2, 0.25) is 5.91 Å². The van der Waals surface area contributed by atoms with Gasteiger partial charge in [0.1, 0.15) is 29.4 Å². The third kappa shape index (κ3) is 8.20. The minimum Gasteiger partial charge on any atom is -0.481 e. The highest BCUT2D eigenvalue weighted by Crippen LogP contribution is 2.17. The molecule has 0 aliphatic carbocycles. The maximum Gasteiger partial charge on any atom is 0.326 e. The van der Waals surface area contributed by atoms with Gasteiger partial charge in [0, 0.05) is 19.0 Å². The smallest absolute Gasteiger partial charge is 0.326 e. The molecule has 3 aromatic rings. The summed E-state index contributed by atoms with van der Waals surface area (Å²) < 4.78 is 14.8. The first-order valence-corrected chi connectivity index (χ1v) is 12.5. The minimum absolute atomic E-state index is 0.299. The fourth-order valence-corrected chi connectivity index (χ4v) is 4.15. The second-order valence-electron chi connectivity index (χ2n) is 9.30. The summed E-state index contributed by atoms with van der Waals surface area (Å²) in [6.07, 6.45) is 0.542. The number of fused-ring (bicyclic) bond motifs is 1. The summed E-state index contributed by atoms with van der Waals surface area (Å²) in [5, 5.41) is 31.9. The number of aryl methyl sites for hydroxylation is 3. The molecule has 0 radical (unpaired) electrons. The van der Waals surface area contributed by atoms with E-state index < -0.39 is 72.4 Å². The fourth-order valence-electron chi connectivity index (χ4n) is 4.15. The van der Waals surface area contributed by atoms with Gasteiger partial charge in [-0.25, -0.2) is 19.0 Å². The Bertz CT molecular complexity index is 1550. The van der Waals surface area contributed by atoms with Crippen molar-refractivity contribution in [3.63, 3.8) is 0 Å². The lowest BCUT2D eigenvalue weighted by molar-refractivity contribution is -0.143. The van der Waals surface area contributed by atoms with E-state index in [0.29, 0.717) is 40.8 Å². The van der Waals surface area contributed by atoms with E-state index in [1.54, 1.807) is 13.1 Å². The standard InChI is InChI=1S/C26H28FN5O9/c1-12-29-22-21(24(37)30-12)14(11-28-22)4-2-13-3-5-15(16(27)10-13)23(36)32-18(26(40)41)6-8-19(33)31-17(25(38)39)7-9-20(34)35/h3,5,10-11,17-18H,2,4,6-9H2,1H3,(H,31,33)(H,32,36)(H,34,35)(H,38,39)(H,40,41)(H2,28,29,30,37)/t17-,18-/m0/s1. The number of hydrogen-bond donors (Lipinski definition) is 7. The lowest BCUT2D eigenvalue weighted by Gasteiger charge is -2.17. The number of carbonyl (C=O) groups excluding carboxylic acids is 2. The van der Waals surface area contributed by atoms with Gasteiger partial charge in [-0.1, -0.05) is 6.07 Å². The highest BCUT2D eigenvalue weighted by molar-refractivity contribution is 5.97. The van der Waals surface area contributed by atoms with Crippen molar-refractivity contribution in [1.82, 2.24) is 25.6 Å². The lowest BCUT2D eigenvalue weighted by atomic mass is 10.0. The Kier molecular flexibility index (Phi) is 9.90. The molecule has 7 N–H and O–H groups in total. The molecule has 1 aromatic carbocycles. The Morgan fingerprint density at radius 2 is 1.63 bits per heavy atom. The van der Waals surface area contributed by atoms with Crippen LogP contribution in [-0.4, -0.2) is 72.1 Å². The number of carbonyl (C=O) groups is 5. The molecule has 0 unspecified atom stereocenters. The first kappa shape index (κ1) is 30.5. The average Bonchev–Trinajstić information content (AvgIpc) is 3.30. The highest BCUT2D eigenvalue weighted by atomic mass is 19.1. The number of carboxylic acids is 3. The molecule has 0 spiro atoms. The van der Waals surface area contributed by atoms with Crippen LogP contribution < -0.4 is 16.2 Å². The first-order valence-electron chi connectivity index (χ1n) is 12.5. The second kappa shape index (κ2) is 13.3. The molecule has 2 amide bonds. The molecule has 14 nitrogen and oxygen atoms in total. The number of rotatable bonds is 14. The zero-order valence-corrected chi connectivity index (χ0v) is 21.8. The van der Waals surface area contributed by atoms with Crippen LogP contribution in [0.5, 0.6) is 0 Å². The number of hydrogen-bond acceptors (Lipinski definition) is 7. The Morgan fingerprint density at radius 1 is 0.976 bits per heavy atom. The van der Waals surface area contributed by atoms with E-state index in [-0.39, 0.29) is 12.0 Å². The van der Waals surface area contributed by atoms with Crippen molar-refractivity contribution >= 4 is 40.8 Å². The van der Waals surface area contributed by atoms with Gasteiger partial charge in [0.15, 0.2) is 0 Å². The van der Waals surface area contributed by atoms with Crippen molar-refractivity contribution in [2.75, 3.05) is 0 Å². The summed E-state index contributed by atoms with van der Waals surface area (Å²) in [7, 11) is 0. The van der Waals surface area contributed by atoms with Crippen LogP contribution in [0.2, 0.25) is 0 Å². The molecular formula is C26H28FN5O9. The number of carboxylic acid groups (broad SMARTS) is 3. The number of halogens is 1. The fraction of sp³-hybridized carbons (Fsp3) is 0.346. The number of benzene rings is 1. The number of aromatic amines is 2. The van der Waals surface area contributed by atoms with Crippen LogP contribution in [0.4, 0.5) is 4.39 Å². The Hall–Kier alpha value is -5.08. The summed E-state index contributed by atoms with van der Waals surface area (Å²) >= 11 is 0. The van der Waals surface area contributed by atoms with Crippen LogP contribution in [0.3, 0.4) is 0 Å². The highest BCUT2D eigenvalue weighted by Gasteiger charge is 2.25. The van der Waals surface area contributed by atoms with E-state index >= 15 is 0 Å². The predicted molar refractivity (Wildman–Crippen MR) is 140 cm³/mol. The molecule has 0 saturated carbocycles. The predicted octanol–water partition coefficient (Wildman–Crippen LogP) is 0.881. The van der Waals surface area contributed by atoms with E-state index in [2.05, 4.69) is 25.6 Å². The average molecular weight is 574 g/mol. The monoisotopic (exact) mass is 573 g/mol. The van der Waals surface area contributed by atoms with Crippen LogP contribution in [0, 0.1) is 12.7 Å². The SMILES string of the molecule is Cc1nc2[nH]cc(CCc3ccc(C(=O)N[C@@H](CCC(=O)N[C@@H](CCC(=O)O)C(=O)O)C(=O)O)c(F)c3)c2c(=O)[nH]1. The largest absolute Gasteiger partial charge is 0.481 e.